The van der Waals surface area contributed by atoms with Crippen molar-refractivity contribution in [1.82, 2.24) is 29.5 Å². The molecule has 0 aliphatic heterocycles. The number of alkyl halides is 3. The molecule has 12 nitrogen and oxygen atoms in total. The quantitative estimate of drug-likeness (QED) is 0.119. The van der Waals surface area contributed by atoms with Crippen molar-refractivity contribution in [2.75, 3.05) is 20.0 Å². The zero-order valence-electron chi connectivity index (χ0n) is 31.7. The van der Waals surface area contributed by atoms with Crippen LogP contribution in [0.2, 0.25) is 5.02 Å². The van der Waals surface area contributed by atoms with Crippen LogP contribution in [0.3, 0.4) is 0 Å². The van der Waals surface area contributed by atoms with Gasteiger partial charge >= 0.3 is 6.18 Å². The van der Waals surface area contributed by atoms with Gasteiger partial charge in [-0.25, -0.2) is 0 Å². The number of aromatic nitrogens is 6. The minimum absolute atomic E-state index is 0.0635. The number of carbonyl (C=O) groups excluding carboxylic acids is 1. The maximum atomic E-state index is 13.1. The summed E-state index contributed by atoms with van der Waals surface area (Å²) in [6, 6.07) is 21.0. The Morgan fingerprint density at radius 3 is 1.62 bits per heavy atom. The van der Waals surface area contributed by atoms with Crippen molar-refractivity contribution in [1.29, 1.82) is 0 Å². The van der Waals surface area contributed by atoms with Crippen molar-refractivity contribution in [3.05, 3.63) is 138 Å². The Labute approximate surface area is 336 Å². The van der Waals surface area contributed by atoms with Crippen LogP contribution in [0.4, 0.5) is 18.9 Å². The maximum Gasteiger partial charge on any atom is 0.417 e. The number of anilines is 1. The van der Waals surface area contributed by atoms with Gasteiger partial charge in [-0.2, -0.15) is 23.4 Å². The largest absolute Gasteiger partial charge is 0.491 e. The van der Waals surface area contributed by atoms with Gasteiger partial charge in [0.1, 0.15) is 28.7 Å². The van der Waals surface area contributed by atoms with Crippen molar-refractivity contribution in [3.8, 4) is 57.0 Å². The summed E-state index contributed by atoms with van der Waals surface area (Å²) in [6.45, 7) is 0. The molecule has 0 saturated carbocycles. The second-order valence-electron chi connectivity index (χ2n) is 12.8. The molecule has 4 heterocycles. The van der Waals surface area contributed by atoms with Gasteiger partial charge in [0.15, 0.2) is 23.0 Å². The summed E-state index contributed by atoms with van der Waals surface area (Å²) >= 11 is 5.65. The summed E-state index contributed by atoms with van der Waals surface area (Å²) in [4.78, 5) is 21.2. The molecule has 0 unspecified atom stereocenters. The molecule has 4 aromatic heterocycles. The number of methoxy groups -OCH3 is 2. The van der Waals surface area contributed by atoms with E-state index in [1.807, 2.05) is 19.4 Å². The molecule has 58 heavy (non-hydrogen) atoms. The number of hydrogen-bond acceptors (Lipinski definition) is 10. The van der Waals surface area contributed by atoms with E-state index in [4.69, 9.17) is 36.3 Å². The number of Topliss-reactive ketones (excluding diaryl/α,β-unsaturated/α-hetero) is 1. The highest BCUT2D eigenvalue weighted by Gasteiger charge is 2.33. The van der Waals surface area contributed by atoms with E-state index in [1.54, 1.807) is 109 Å². The minimum atomic E-state index is -4.58. The number of nitrogen functional groups attached to an aromatic ring is 1. The first kappa shape index (κ1) is 40.8. The number of halogens is 4. The highest BCUT2D eigenvalue weighted by molar-refractivity contribution is 6.31. The zero-order valence-corrected chi connectivity index (χ0v) is 32.5. The molecule has 0 spiro atoms. The summed E-state index contributed by atoms with van der Waals surface area (Å²) in [5.74, 6) is 3.02. The SMILES string of the molecule is COc1c(Oc2ccc(CC(=O)Cc3ccc(Cl)c(C(F)(F)F)c3)cc2)ccnc1-c1cnn(C)c1.COc1c(Oc2ccc(N)cc2)ccnc1-c1cnn(C)c1. The van der Waals surface area contributed by atoms with E-state index in [-0.39, 0.29) is 24.2 Å². The molecule has 0 fully saturated rings. The molecular weight excluding hydrogens is 775 g/mol. The molecular formula is C42H37ClF3N7O5. The lowest BCUT2D eigenvalue weighted by atomic mass is 10.0. The second kappa shape index (κ2) is 17.9. The number of aryl methyl sites for hydroxylation is 2. The van der Waals surface area contributed by atoms with Crippen LogP contribution < -0.4 is 24.7 Å². The van der Waals surface area contributed by atoms with Crippen LogP contribution in [0.15, 0.2) is 116 Å². The lowest BCUT2D eigenvalue weighted by Gasteiger charge is -2.13. The molecule has 16 heteroatoms. The smallest absolute Gasteiger partial charge is 0.417 e. The third kappa shape index (κ3) is 10.1. The van der Waals surface area contributed by atoms with Crippen LogP contribution in [-0.2, 0) is 37.9 Å². The summed E-state index contributed by atoms with van der Waals surface area (Å²) in [6.07, 6.45) is 5.73. The predicted molar refractivity (Wildman–Crippen MR) is 212 cm³/mol. The molecule has 0 atom stereocenters. The molecule has 2 N–H and O–H groups in total. The molecule has 0 aliphatic rings. The highest BCUT2D eigenvalue weighted by Crippen LogP contribution is 2.40. The Morgan fingerprint density at radius 2 is 1.17 bits per heavy atom. The van der Waals surface area contributed by atoms with Gasteiger partial charge in [-0.05, 0) is 59.7 Å². The molecule has 7 aromatic rings. The number of ether oxygens (including phenoxy) is 4. The van der Waals surface area contributed by atoms with Gasteiger partial charge < -0.3 is 24.7 Å². The van der Waals surface area contributed by atoms with Gasteiger partial charge in [-0.1, -0.05) is 29.8 Å². The molecule has 0 bridgehead atoms. The normalized spacial score (nSPS) is 11.0. The Balaban J connectivity index is 0.000000220. The molecule has 3 aromatic carbocycles. The third-order valence-electron chi connectivity index (χ3n) is 8.50. The number of benzene rings is 3. The Morgan fingerprint density at radius 1 is 0.707 bits per heavy atom. The minimum Gasteiger partial charge on any atom is -0.491 e. The van der Waals surface area contributed by atoms with E-state index in [0.29, 0.717) is 57.1 Å². The Hall–Kier alpha value is -6.87. The zero-order chi connectivity index (χ0) is 41.4. The van der Waals surface area contributed by atoms with Crippen molar-refractivity contribution in [3.63, 3.8) is 0 Å². The summed E-state index contributed by atoms with van der Waals surface area (Å²) in [5, 5.41) is 7.92. The number of pyridine rings is 2. The fourth-order valence-electron chi connectivity index (χ4n) is 5.80. The standard InChI is InChI=1S/C26H21ClF3N3O3.C16H16N4O2/c1-33-15-18(14-32-33)24-25(35-2)23(9-10-31-24)36-20-6-3-16(4-7-20)11-19(34)12-17-5-8-22(27)21(13-17)26(28,29)30;1-20-10-11(9-19-20)15-16(21-2)14(7-8-18-15)22-13-5-3-12(17)4-6-13/h3-10,13-15H,11-12H2,1-2H3;3-10H,17H2,1-2H3. The van der Waals surface area contributed by atoms with Crippen LogP contribution in [0.1, 0.15) is 16.7 Å². The first-order valence-electron chi connectivity index (χ1n) is 17.5. The molecule has 0 radical (unpaired) electrons. The number of hydrogen-bond donors (Lipinski definition) is 1. The van der Waals surface area contributed by atoms with Crippen LogP contribution >= 0.6 is 11.6 Å². The fraction of sp³-hybridized carbons (Fsp3) is 0.167. The first-order chi connectivity index (χ1) is 27.8. The van der Waals surface area contributed by atoms with Crippen molar-refractivity contribution in [2.24, 2.45) is 14.1 Å². The Kier molecular flexibility index (Phi) is 12.6. The van der Waals surface area contributed by atoms with Gasteiger partial charge in [0.05, 0.1) is 37.2 Å². The average molecular weight is 812 g/mol. The topological polar surface area (TPSA) is 141 Å². The van der Waals surface area contributed by atoms with Crippen molar-refractivity contribution in [2.45, 2.75) is 19.0 Å². The van der Waals surface area contributed by atoms with Gasteiger partial charge in [0.2, 0.25) is 0 Å². The number of ketones is 1. The van der Waals surface area contributed by atoms with Crippen LogP contribution in [0.5, 0.6) is 34.5 Å². The maximum absolute atomic E-state index is 13.1. The van der Waals surface area contributed by atoms with Crippen molar-refractivity contribution >= 4 is 23.1 Å². The van der Waals surface area contributed by atoms with Gasteiger partial charge in [-0.15, -0.1) is 0 Å². The van der Waals surface area contributed by atoms with E-state index in [0.717, 1.165) is 23.3 Å². The molecule has 0 saturated heterocycles. The predicted octanol–water partition coefficient (Wildman–Crippen LogP) is 9.17. The second-order valence-corrected chi connectivity index (χ2v) is 13.2. The third-order valence-corrected chi connectivity index (χ3v) is 8.83. The van der Waals surface area contributed by atoms with Gasteiger partial charge in [0, 0.05) is 80.7 Å². The summed E-state index contributed by atoms with van der Waals surface area (Å²) in [7, 11) is 6.77. The molecule has 298 valence electrons. The summed E-state index contributed by atoms with van der Waals surface area (Å²) in [5.41, 5.74) is 9.28. The monoisotopic (exact) mass is 811 g/mol. The Bertz CT molecular complexity index is 2510. The lowest BCUT2D eigenvalue weighted by molar-refractivity contribution is -0.137. The van der Waals surface area contributed by atoms with Crippen LogP contribution in [0.25, 0.3) is 22.5 Å². The van der Waals surface area contributed by atoms with Crippen LogP contribution in [-0.4, -0.2) is 49.5 Å². The fourth-order valence-corrected chi connectivity index (χ4v) is 6.02. The first-order valence-corrected chi connectivity index (χ1v) is 17.9. The number of carbonyl (C=O) groups is 1. The van der Waals surface area contributed by atoms with E-state index in [9.17, 15) is 18.0 Å². The van der Waals surface area contributed by atoms with Crippen LogP contribution in [0, 0.1) is 0 Å². The van der Waals surface area contributed by atoms with Crippen molar-refractivity contribution < 1.29 is 36.9 Å². The van der Waals surface area contributed by atoms with E-state index >= 15 is 0 Å². The molecule has 0 aliphatic carbocycles. The van der Waals surface area contributed by atoms with E-state index < -0.39 is 16.8 Å². The molecule has 7 rings (SSSR count). The van der Waals surface area contributed by atoms with Gasteiger partial charge in [-0.3, -0.25) is 24.1 Å². The van der Waals surface area contributed by atoms with Gasteiger partial charge in [0.25, 0.3) is 0 Å². The summed E-state index contributed by atoms with van der Waals surface area (Å²) < 4.78 is 65.5. The number of nitrogens with zero attached hydrogens (tertiary/aromatic N) is 6. The lowest BCUT2D eigenvalue weighted by Crippen LogP contribution is -2.10. The molecule has 0 amide bonds. The average Bonchev–Trinajstić information content (AvgIpc) is 3.84. The highest BCUT2D eigenvalue weighted by atomic mass is 35.5. The van der Waals surface area contributed by atoms with E-state index in [2.05, 4.69) is 20.2 Å². The number of nitrogens with two attached hydrogens (primary N) is 1. The van der Waals surface area contributed by atoms with E-state index in [1.165, 1.54) is 13.2 Å². The number of rotatable bonds is 12.